The topological polar surface area (TPSA) is 74.8 Å². The maximum Gasteiger partial charge on any atom is 0.110 e. The minimum atomic E-state index is -1.05. The first-order valence-corrected chi connectivity index (χ1v) is 3.69. The zero-order valence-electron chi connectivity index (χ0n) is 6.15. The molecule has 1 aliphatic carbocycles. The second kappa shape index (κ2) is 3.55. The fourth-order valence-electron chi connectivity index (χ4n) is 1.38. The molecule has 0 saturated heterocycles. The normalized spacial score (nSPS) is 37.8. The Morgan fingerprint density at radius 2 is 2.27 bits per heavy atom. The van der Waals surface area contributed by atoms with Crippen molar-refractivity contribution in [2.45, 2.75) is 37.5 Å². The molecule has 1 fully saturated rings. The molecular weight excluding hydrogens is 147 g/mol. The van der Waals surface area contributed by atoms with E-state index >= 15 is 0 Å². The summed E-state index contributed by atoms with van der Waals surface area (Å²) in [5.74, 6) is 0. The van der Waals surface area contributed by atoms with Gasteiger partial charge < -0.3 is 5.73 Å². The maximum atomic E-state index is 12.9. The van der Waals surface area contributed by atoms with Gasteiger partial charge in [-0.05, 0) is 24.8 Å². The third-order valence-electron chi connectivity index (χ3n) is 2.01. The molecule has 1 rings (SSSR count). The second-order valence-corrected chi connectivity index (χ2v) is 2.81. The summed E-state index contributed by atoms with van der Waals surface area (Å²) in [6, 6.07) is -0.941. The summed E-state index contributed by atoms with van der Waals surface area (Å²) < 4.78 is 12.9. The summed E-state index contributed by atoms with van der Waals surface area (Å²) in [7, 11) is 0. The van der Waals surface area contributed by atoms with E-state index in [0.717, 1.165) is 12.8 Å². The van der Waals surface area contributed by atoms with Gasteiger partial charge in [0.1, 0.15) is 6.17 Å². The average Bonchev–Trinajstić information content (AvgIpc) is 1.97. The van der Waals surface area contributed by atoms with E-state index in [1.165, 1.54) is 0 Å². The summed E-state index contributed by atoms with van der Waals surface area (Å²) in [5.41, 5.74) is 13.6. The van der Waals surface area contributed by atoms with Crippen molar-refractivity contribution in [3.05, 3.63) is 10.4 Å². The van der Waals surface area contributed by atoms with Crippen LogP contribution in [0.25, 0.3) is 10.4 Å². The molecule has 3 atom stereocenters. The lowest BCUT2D eigenvalue weighted by atomic mass is 9.90. The van der Waals surface area contributed by atoms with E-state index in [2.05, 4.69) is 10.0 Å². The molecule has 0 unspecified atom stereocenters. The molecule has 0 amide bonds. The van der Waals surface area contributed by atoms with Gasteiger partial charge in [-0.3, -0.25) is 0 Å². The SMILES string of the molecule is [N-]=[N+]=N[C@@H]1[C@H](N)CCC[C@H]1F. The number of hydrogen-bond acceptors (Lipinski definition) is 2. The van der Waals surface area contributed by atoms with Gasteiger partial charge in [0, 0.05) is 11.0 Å². The summed E-state index contributed by atoms with van der Waals surface area (Å²) in [6.45, 7) is 0. The molecule has 0 heterocycles. The van der Waals surface area contributed by atoms with Crippen LogP contribution in [-0.2, 0) is 0 Å². The van der Waals surface area contributed by atoms with Crippen molar-refractivity contribution in [3.8, 4) is 0 Å². The molecule has 5 heteroatoms. The van der Waals surface area contributed by atoms with Crippen molar-refractivity contribution in [2.24, 2.45) is 10.8 Å². The highest BCUT2D eigenvalue weighted by atomic mass is 19.1. The average molecular weight is 158 g/mol. The Kier molecular flexibility index (Phi) is 2.68. The Bertz CT molecular complexity index is 167. The van der Waals surface area contributed by atoms with Gasteiger partial charge in [0.05, 0.1) is 6.04 Å². The zero-order valence-corrected chi connectivity index (χ0v) is 6.15. The number of rotatable bonds is 1. The number of hydrogen-bond donors (Lipinski definition) is 1. The van der Waals surface area contributed by atoms with Crippen LogP contribution >= 0.6 is 0 Å². The van der Waals surface area contributed by atoms with E-state index in [1.807, 2.05) is 0 Å². The predicted molar refractivity (Wildman–Crippen MR) is 39.7 cm³/mol. The van der Waals surface area contributed by atoms with Gasteiger partial charge in [-0.15, -0.1) is 0 Å². The minimum Gasteiger partial charge on any atom is -0.327 e. The van der Waals surface area contributed by atoms with Crippen LogP contribution in [0.1, 0.15) is 19.3 Å². The Morgan fingerprint density at radius 1 is 1.55 bits per heavy atom. The largest absolute Gasteiger partial charge is 0.327 e. The number of halogens is 1. The van der Waals surface area contributed by atoms with Crippen LogP contribution in [0.5, 0.6) is 0 Å². The van der Waals surface area contributed by atoms with Gasteiger partial charge in [-0.1, -0.05) is 5.11 Å². The van der Waals surface area contributed by atoms with Crippen molar-refractivity contribution in [2.75, 3.05) is 0 Å². The van der Waals surface area contributed by atoms with Gasteiger partial charge >= 0.3 is 0 Å². The van der Waals surface area contributed by atoms with Crippen LogP contribution in [-0.4, -0.2) is 18.3 Å². The van der Waals surface area contributed by atoms with E-state index < -0.39 is 12.2 Å². The molecule has 0 aliphatic heterocycles. The van der Waals surface area contributed by atoms with Gasteiger partial charge in [-0.25, -0.2) is 4.39 Å². The Balaban J connectivity index is 2.62. The predicted octanol–water partition coefficient (Wildman–Crippen LogP) is 1.51. The highest BCUT2D eigenvalue weighted by molar-refractivity contribution is 4.90. The minimum absolute atomic E-state index is 0.297. The molecule has 0 radical (unpaired) electrons. The van der Waals surface area contributed by atoms with Crippen molar-refractivity contribution in [1.82, 2.24) is 0 Å². The summed E-state index contributed by atoms with van der Waals surface area (Å²) in [6.07, 6.45) is 0.969. The quantitative estimate of drug-likeness (QED) is 0.350. The Hall–Kier alpha value is -0.800. The lowest BCUT2D eigenvalue weighted by molar-refractivity contribution is 0.198. The van der Waals surface area contributed by atoms with Gasteiger partial charge in [-0.2, -0.15) is 0 Å². The molecule has 0 aromatic carbocycles. The summed E-state index contributed by atoms with van der Waals surface area (Å²) in [4.78, 5) is 2.57. The molecule has 2 N–H and O–H groups in total. The van der Waals surface area contributed by atoms with Gasteiger partial charge in [0.25, 0.3) is 0 Å². The standard InChI is InChI=1S/C6H11FN4/c7-4-2-1-3-5(8)6(4)10-11-9/h4-6H,1-3,8H2/t4-,5-,6+/m1/s1. The van der Waals surface area contributed by atoms with Crippen molar-refractivity contribution < 1.29 is 4.39 Å². The van der Waals surface area contributed by atoms with E-state index in [-0.39, 0.29) is 6.04 Å². The number of nitrogens with zero attached hydrogens (tertiary/aromatic N) is 3. The monoisotopic (exact) mass is 158 g/mol. The third-order valence-corrected chi connectivity index (χ3v) is 2.01. The number of alkyl halides is 1. The first-order valence-electron chi connectivity index (χ1n) is 3.69. The third kappa shape index (κ3) is 1.82. The van der Waals surface area contributed by atoms with Crippen LogP contribution in [0.15, 0.2) is 5.11 Å². The molecule has 1 aliphatic rings. The maximum absolute atomic E-state index is 12.9. The molecule has 0 aromatic rings. The van der Waals surface area contributed by atoms with E-state index in [4.69, 9.17) is 11.3 Å². The molecule has 62 valence electrons. The van der Waals surface area contributed by atoms with Crippen molar-refractivity contribution >= 4 is 0 Å². The lowest BCUT2D eigenvalue weighted by Crippen LogP contribution is -2.42. The summed E-state index contributed by atoms with van der Waals surface area (Å²) >= 11 is 0. The Morgan fingerprint density at radius 3 is 2.82 bits per heavy atom. The van der Waals surface area contributed by atoms with Gasteiger partial charge in [0.2, 0.25) is 0 Å². The first kappa shape index (κ1) is 8.30. The fraction of sp³-hybridized carbons (Fsp3) is 1.00. The van der Waals surface area contributed by atoms with E-state index in [9.17, 15) is 4.39 Å². The van der Waals surface area contributed by atoms with Crippen LogP contribution in [0, 0.1) is 0 Å². The highest BCUT2D eigenvalue weighted by Gasteiger charge is 2.29. The van der Waals surface area contributed by atoms with E-state index in [1.54, 1.807) is 0 Å². The van der Waals surface area contributed by atoms with Crippen LogP contribution < -0.4 is 5.73 Å². The number of azide groups is 1. The lowest BCUT2D eigenvalue weighted by Gasteiger charge is -2.27. The molecule has 0 aromatic heterocycles. The van der Waals surface area contributed by atoms with Crippen LogP contribution in [0.3, 0.4) is 0 Å². The Labute approximate surface area is 64.2 Å². The molecule has 11 heavy (non-hydrogen) atoms. The second-order valence-electron chi connectivity index (χ2n) is 2.81. The highest BCUT2D eigenvalue weighted by Crippen LogP contribution is 2.22. The molecule has 4 nitrogen and oxygen atoms in total. The number of nitrogens with two attached hydrogens (primary N) is 1. The first-order chi connectivity index (χ1) is 5.25. The van der Waals surface area contributed by atoms with Gasteiger partial charge in [0.15, 0.2) is 0 Å². The van der Waals surface area contributed by atoms with E-state index in [0.29, 0.717) is 6.42 Å². The van der Waals surface area contributed by atoms with Crippen LogP contribution in [0.4, 0.5) is 4.39 Å². The summed E-state index contributed by atoms with van der Waals surface area (Å²) in [5, 5.41) is 3.33. The molecule has 0 spiro atoms. The van der Waals surface area contributed by atoms with Crippen molar-refractivity contribution in [3.63, 3.8) is 0 Å². The molecule has 1 saturated carbocycles. The molecular formula is C6H11FN4. The van der Waals surface area contributed by atoms with Crippen LogP contribution in [0.2, 0.25) is 0 Å². The smallest absolute Gasteiger partial charge is 0.110 e. The fourth-order valence-corrected chi connectivity index (χ4v) is 1.38. The zero-order chi connectivity index (χ0) is 8.27. The van der Waals surface area contributed by atoms with Crippen molar-refractivity contribution in [1.29, 1.82) is 0 Å². The molecule has 0 bridgehead atoms.